The first kappa shape index (κ1) is 12.5. The largest absolute Gasteiger partial charge is 0.336 e. The SMILES string of the molecule is Fc1ccc2nc(-c3cn(C4CCNCC4)nn3)[nH]c2c1. The summed E-state index contributed by atoms with van der Waals surface area (Å²) >= 11 is 0. The molecule has 1 saturated heterocycles. The smallest absolute Gasteiger partial charge is 0.160 e. The van der Waals surface area contributed by atoms with E-state index in [2.05, 4.69) is 25.6 Å². The molecule has 0 unspecified atom stereocenters. The highest BCUT2D eigenvalue weighted by Crippen LogP contribution is 2.22. The Balaban J connectivity index is 1.67. The summed E-state index contributed by atoms with van der Waals surface area (Å²) in [7, 11) is 0. The molecule has 6 nitrogen and oxygen atoms in total. The zero-order valence-electron chi connectivity index (χ0n) is 11.4. The summed E-state index contributed by atoms with van der Waals surface area (Å²) in [6, 6.07) is 4.87. The summed E-state index contributed by atoms with van der Waals surface area (Å²) in [4.78, 5) is 7.52. The van der Waals surface area contributed by atoms with Crippen molar-refractivity contribution in [2.45, 2.75) is 18.9 Å². The van der Waals surface area contributed by atoms with E-state index in [-0.39, 0.29) is 5.82 Å². The predicted octanol–water partition coefficient (Wildman–Crippen LogP) is 1.88. The van der Waals surface area contributed by atoms with Crippen LogP contribution in [0.3, 0.4) is 0 Å². The van der Waals surface area contributed by atoms with Gasteiger partial charge in [-0.15, -0.1) is 5.10 Å². The van der Waals surface area contributed by atoms with Crippen LogP contribution < -0.4 is 5.32 Å². The van der Waals surface area contributed by atoms with E-state index in [1.165, 1.54) is 12.1 Å². The number of nitrogens with one attached hydrogen (secondary N) is 2. The van der Waals surface area contributed by atoms with E-state index < -0.39 is 0 Å². The van der Waals surface area contributed by atoms with Gasteiger partial charge in [0.25, 0.3) is 0 Å². The molecule has 4 rings (SSSR count). The number of imidazole rings is 1. The van der Waals surface area contributed by atoms with E-state index in [1.54, 1.807) is 6.07 Å². The molecule has 1 aliphatic heterocycles. The quantitative estimate of drug-likeness (QED) is 0.754. The van der Waals surface area contributed by atoms with Crippen molar-refractivity contribution in [1.29, 1.82) is 0 Å². The number of fused-ring (bicyclic) bond motifs is 1. The fraction of sp³-hybridized carbons (Fsp3) is 0.357. The summed E-state index contributed by atoms with van der Waals surface area (Å²) in [6.45, 7) is 2.01. The molecule has 1 aliphatic rings. The van der Waals surface area contributed by atoms with Gasteiger partial charge in [0.1, 0.15) is 11.5 Å². The van der Waals surface area contributed by atoms with Gasteiger partial charge in [-0.2, -0.15) is 0 Å². The third-order valence-electron chi connectivity index (χ3n) is 3.88. The summed E-state index contributed by atoms with van der Waals surface area (Å²) < 4.78 is 15.1. The number of hydrogen-bond acceptors (Lipinski definition) is 4. The molecular weight excluding hydrogens is 271 g/mol. The van der Waals surface area contributed by atoms with Crippen molar-refractivity contribution in [1.82, 2.24) is 30.3 Å². The van der Waals surface area contributed by atoms with Crippen LogP contribution in [0, 0.1) is 5.82 Å². The Bertz CT molecular complexity index is 771. The minimum Gasteiger partial charge on any atom is -0.336 e. The average Bonchev–Trinajstić information content (AvgIpc) is 3.14. The van der Waals surface area contributed by atoms with E-state index in [0.717, 1.165) is 31.4 Å². The van der Waals surface area contributed by atoms with Gasteiger partial charge in [-0.25, -0.2) is 14.1 Å². The number of aromatic amines is 1. The van der Waals surface area contributed by atoms with Gasteiger partial charge in [-0.05, 0) is 44.1 Å². The monoisotopic (exact) mass is 286 g/mol. The number of hydrogen-bond donors (Lipinski definition) is 2. The minimum absolute atomic E-state index is 0.281. The van der Waals surface area contributed by atoms with E-state index in [1.807, 2.05) is 10.9 Å². The maximum Gasteiger partial charge on any atom is 0.160 e. The molecule has 3 aromatic rings. The van der Waals surface area contributed by atoms with Crippen LogP contribution in [0.1, 0.15) is 18.9 Å². The fourth-order valence-corrected chi connectivity index (χ4v) is 2.74. The van der Waals surface area contributed by atoms with Crippen molar-refractivity contribution in [2.75, 3.05) is 13.1 Å². The van der Waals surface area contributed by atoms with Crippen molar-refractivity contribution in [3.63, 3.8) is 0 Å². The molecular formula is C14H15FN6. The van der Waals surface area contributed by atoms with Crippen molar-refractivity contribution >= 4 is 11.0 Å². The number of aromatic nitrogens is 5. The molecule has 3 heterocycles. The lowest BCUT2D eigenvalue weighted by atomic mass is 10.1. The van der Waals surface area contributed by atoms with Crippen molar-refractivity contribution in [2.24, 2.45) is 0 Å². The lowest BCUT2D eigenvalue weighted by molar-refractivity contribution is 0.337. The third kappa shape index (κ3) is 2.29. The zero-order chi connectivity index (χ0) is 14.2. The second kappa shape index (κ2) is 4.92. The third-order valence-corrected chi connectivity index (χ3v) is 3.88. The van der Waals surface area contributed by atoms with Crippen LogP contribution >= 0.6 is 0 Å². The highest BCUT2D eigenvalue weighted by molar-refractivity contribution is 5.78. The maximum atomic E-state index is 13.2. The lowest BCUT2D eigenvalue weighted by Crippen LogP contribution is -2.29. The Labute approximate surface area is 120 Å². The first-order valence-electron chi connectivity index (χ1n) is 7.08. The van der Waals surface area contributed by atoms with Crippen LogP contribution in [0.5, 0.6) is 0 Å². The van der Waals surface area contributed by atoms with Gasteiger partial charge in [0.05, 0.1) is 23.3 Å². The molecule has 2 N–H and O–H groups in total. The highest BCUT2D eigenvalue weighted by atomic mass is 19.1. The number of H-pyrrole nitrogens is 1. The molecule has 1 aromatic carbocycles. The molecule has 0 bridgehead atoms. The Morgan fingerprint density at radius 2 is 2.10 bits per heavy atom. The van der Waals surface area contributed by atoms with Gasteiger partial charge < -0.3 is 10.3 Å². The maximum absolute atomic E-state index is 13.2. The number of rotatable bonds is 2. The van der Waals surface area contributed by atoms with Gasteiger partial charge in [-0.1, -0.05) is 5.21 Å². The molecule has 2 aromatic heterocycles. The summed E-state index contributed by atoms with van der Waals surface area (Å²) in [6.07, 6.45) is 4.01. The summed E-state index contributed by atoms with van der Waals surface area (Å²) in [5.41, 5.74) is 2.08. The topological polar surface area (TPSA) is 71.4 Å². The molecule has 0 amide bonds. The van der Waals surface area contributed by atoms with E-state index in [9.17, 15) is 4.39 Å². The van der Waals surface area contributed by atoms with Gasteiger partial charge >= 0.3 is 0 Å². The normalized spacial score (nSPS) is 16.6. The molecule has 0 radical (unpaired) electrons. The van der Waals surface area contributed by atoms with Crippen LogP contribution in [0.4, 0.5) is 4.39 Å². The van der Waals surface area contributed by atoms with Gasteiger partial charge in [0, 0.05) is 0 Å². The van der Waals surface area contributed by atoms with E-state index >= 15 is 0 Å². The molecule has 21 heavy (non-hydrogen) atoms. The van der Waals surface area contributed by atoms with Crippen LogP contribution in [-0.2, 0) is 0 Å². The number of piperidine rings is 1. The van der Waals surface area contributed by atoms with E-state index in [0.29, 0.717) is 23.1 Å². The molecule has 0 saturated carbocycles. The van der Waals surface area contributed by atoms with Gasteiger partial charge in [0.2, 0.25) is 0 Å². The second-order valence-electron chi connectivity index (χ2n) is 5.31. The van der Waals surface area contributed by atoms with Crippen LogP contribution in [0.25, 0.3) is 22.6 Å². The summed E-state index contributed by atoms with van der Waals surface area (Å²) in [5.74, 6) is 0.340. The van der Waals surface area contributed by atoms with Crippen molar-refractivity contribution in [3.8, 4) is 11.5 Å². The number of nitrogens with zero attached hydrogens (tertiary/aromatic N) is 4. The van der Waals surface area contributed by atoms with Crippen LogP contribution in [0.15, 0.2) is 24.4 Å². The highest BCUT2D eigenvalue weighted by Gasteiger charge is 2.18. The van der Waals surface area contributed by atoms with Gasteiger partial charge in [-0.3, -0.25) is 0 Å². The fourth-order valence-electron chi connectivity index (χ4n) is 2.74. The first-order chi connectivity index (χ1) is 10.3. The zero-order valence-corrected chi connectivity index (χ0v) is 11.4. The van der Waals surface area contributed by atoms with Gasteiger partial charge in [0.15, 0.2) is 5.82 Å². The summed E-state index contributed by atoms with van der Waals surface area (Å²) in [5, 5.41) is 11.7. The Hall–Kier alpha value is -2.28. The molecule has 0 spiro atoms. The molecule has 0 atom stereocenters. The first-order valence-corrected chi connectivity index (χ1v) is 7.08. The minimum atomic E-state index is -0.281. The van der Waals surface area contributed by atoms with Crippen molar-refractivity contribution in [3.05, 3.63) is 30.2 Å². The van der Waals surface area contributed by atoms with E-state index in [4.69, 9.17) is 0 Å². The van der Waals surface area contributed by atoms with Crippen LogP contribution in [0.2, 0.25) is 0 Å². The lowest BCUT2D eigenvalue weighted by Gasteiger charge is -2.21. The van der Waals surface area contributed by atoms with Crippen LogP contribution in [-0.4, -0.2) is 38.1 Å². The second-order valence-corrected chi connectivity index (χ2v) is 5.31. The number of benzene rings is 1. The number of halogens is 1. The van der Waals surface area contributed by atoms with Crippen molar-refractivity contribution < 1.29 is 4.39 Å². The molecule has 1 fully saturated rings. The average molecular weight is 286 g/mol. The Kier molecular flexibility index (Phi) is 2.92. The Morgan fingerprint density at radius 1 is 1.24 bits per heavy atom. The standard InChI is InChI=1S/C14H15FN6/c15-9-1-2-11-12(7-9)18-14(17-11)13-8-21(20-19-13)10-3-5-16-6-4-10/h1-2,7-8,10,16H,3-6H2,(H,17,18). The molecule has 108 valence electrons. The molecule has 7 heteroatoms. The predicted molar refractivity (Wildman–Crippen MR) is 76.2 cm³/mol. The molecule has 0 aliphatic carbocycles. The Morgan fingerprint density at radius 3 is 2.95 bits per heavy atom.